The minimum atomic E-state index is -0.723. The second-order valence-corrected chi connectivity index (χ2v) is 5.62. The Morgan fingerprint density at radius 1 is 1.54 bits per heavy atom. The van der Waals surface area contributed by atoms with Crippen molar-refractivity contribution in [2.75, 3.05) is 23.9 Å². The first-order chi connectivity index (χ1) is 6.09. The molecular weight excluding hydrogens is 204 g/mol. The predicted octanol–water partition coefficient (Wildman–Crippen LogP) is 1.55. The highest BCUT2D eigenvalue weighted by Crippen LogP contribution is 2.20. The molecule has 0 aliphatic heterocycles. The zero-order chi connectivity index (χ0) is 9.84. The molecule has 1 unspecified atom stereocenters. The summed E-state index contributed by atoms with van der Waals surface area (Å²) in [5.41, 5.74) is 1.07. The first-order valence-corrected chi connectivity index (χ1v) is 6.62. The largest absolute Gasteiger partial charge is 0.361 e. The highest BCUT2D eigenvalue weighted by atomic mass is 32.2. The lowest BCUT2D eigenvalue weighted by atomic mass is 10.4. The fraction of sp³-hybridized carbons (Fsp3) is 0.625. The summed E-state index contributed by atoms with van der Waals surface area (Å²) in [4.78, 5) is 5.55. The zero-order valence-electron chi connectivity index (χ0n) is 8.09. The van der Waals surface area contributed by atoms with Gasteiger partial charge in [0.15, 0.2) is 5.13 Å². The zero-order valence-corrected chi connectivity index (χ0v) is 9.72. The lowest BCUT2D eigenvalue weighted by Gasteiger charge is -1.98. The van der Waals surface area contributed by atoms with Gasteiger partial charge in [-0.25, -0.2) is 4.98 Å². The van der Waals surface area contributed by atoms with E-state index in [1.165, 1.54) is 4.88 Å². The summed E-state index contributed by atoms with van der Waals surface area (Å²) in [6.07, 6.45) is 1.71. The molecule has 0 amide bonds. The molecule has 0 radical (unpaired) electrons. The van der Waals surface area contributed by atoms with Crippen molar-refractivity contribution in [2.45, 2.75) is 13.8 Å². The Labute approximate surface area is 85.0 Å². The molecule has 0 aliphatic rings. The number of nitrogens with one attached hydrogen (secondary N) is 1. The summed E-state index contributed by atoms with van der Waals surface area (Å²) in [5, 5.41) is 4.08. The van der Waals surface area contributed by atoms with Gasteiger partial charge in [0.05, 0.1) is 5.69 Å². The van der Waals surface area contributed by atoms with Crippen molar-refractivity contribution in [2.24, 2.45) is 0 Å². The van der Waals surface area contributed by atoms with Crippen LogP contribution in [0.1, 0.15) is 10.6 Å². The Morgan fingerprint density at radius 3 is 2.69 bits per heavy atom. The van der Waals surface area contributed by atoms with Crippen LogP contribution in [0.4, 0.5) is 5.13 Å². The standard InChI is InChI=1S/C8H14N2OS2/c1-6-7(2)12-8(10-6)9-4-5-13(3)11/h4-5H2,1-3H3,(H,9,10). The third kappa shape index (κ3) is 3.44. The van der Waals surface area contributed by atoms with Gasteiger partial charge in [-0.3, -0.25) is 4.21 Å². The third-order valence-electron chi connectivity index (χ3n) is 1.69. The van der Waals surface area contributed by atoms with E-state index in [1.807, 2.05) is 6.92 Å². The average Bonchev–Trinajstić information content (AvgIpc) is 2.30. The van der Waals surface area contributed by atoms with Crippen LogP contribution in [0.2, 0.25) is 0 Å². The highest BCUT2D eigenvalue weighted by molar-refractivity contribution is 7.84. The number of rotatable bonds is 4. The molecule has 3 nitrogen and oxygen atoms in total. The van der Waals surface area contributed by atoms with Gasteiger partial charge in [0.25, 0.3) is 0 Å². The Balaban J connectivity index is 2.41. The number of hydrogen-bond acceptors (Lipinski definition) is 4. The molecule has 1 aromatic heterocycles. The fourth-order valence-electron chi connectivity index (χ4n) is 0.850. The van der Waals surface area contributed by atoms with Crippen molar-refractivity contribution in [3.8, 4) is 0 Å². The molecule has 1 aromatic rings. The van der Waals surface area contributed by atoms with Gasteiger partial charge in [-0.1, -0.05) is 0 Å². The Morgan fingerprint density at radius 2 is 2.23 bits per heavy atom. The van der Waals surface area contributed by atoms with Gasteiger partial charge < -0.3 is 5.32 Å². The molecule has 1 heterocycles. The summed E-state index contributed by atoms with van der Waals surface area (Å²) in [6, 6.07) is 0. The molecule has 1 rings (SSSR count). The topological polar surface area (TPSA) is 42.0 Å². The maximum atomic E-state index is 10.8. The fourth-order valence-corrected chi connectivity index (χ4v) is 2.08. The maximum absolute atomic E-state index is 10.8. The molecule has 1 N–H and O–H groups in total. The van der Waals surface area contributed by atoms with E-state index in [0.717, 1.165) is 17.4 Å². The van der Waals surface area contributed by atoms with E-state index in [-0.39, 0.29) is 0 Å². The Kier molecular flexibility index (Phi) is 3.87. The van der Waals surface area contributed by atoms with E-state index >= 15 is 0 Å². The number of thiazole rings is 1. The number of nitrogens with zero attached hydrogens (tertiary/aromatic N) is 1. The molecule has 0 saturated carbocycles. The van der Waals surface area contributed by atoms with Gasteiger partial charge in [-0.2, -0.15) is 0 Å². The van der Waals surface area contributed by atoms with Crippen LogP contribution in [0.5, 0.6) is 0 Å². The average molecular weight is 218 g/mol. The van der Waals surface area contributed by atoms with Gasteiger partial charge in [0.2, 0.25) is 0 Å². The van der Waals surface area contributed by atoms with Crippen molar-refractivity contribution < 1.29 is 4.21 Å². The molecule has 74 valence electrons. The van der Waals surface area contributed by atoms with Crippen LogP contribution in [0.3, 0.4) is 0 Å². The first kappa shape index (κ1) is 10.7. The first-order valence-electron chi connectivity index (χ1n) is 4.07. The van der Waals surface area contributed by atoms with Crippen molar-refractivity contribution in [3.63, 3.8) is 0 Å². The lowest BCUT2D eigenvalue weighted by Crippen LogP contribution is -2.09. The molecule has 1 atom stereocenters. The van der Waals surface area contributed by atoms with Crippen LogP contribution >= 0.6 is 11.3 Å². The molecule has 0 fully saturated rings. The van der Waals surface area contributed by atoms with Gasteiger partial charge in [-0.05, 0) is 13.8 Å². The van der Waals surface area contributed by atoms with Gasteiger partial charge >= 0.3 is 0 Å². The molecule has 13 heavy (non-hydrogen) atoms. The molecule has 0 aromatic carbocycles. The van der Waals surface area contributed by atoms with E-state index < -0.39 is 10.8 Å². The van der Waals surface area contributed by atoms with E-state index in [4.69, 9.17) is 0 Å². The Bertz CT molecular complexity index is 290. The van der Waals surface area contributed by atoms with Crippen LogP contribution < -0.4 is 5.32 Å². The summed E-state index contributed by atoms with van der Waals surface area (Å²) in [5.74, 6) is 0.678. The van der Waals surface area contributed by atoms with Crippen molar-refractivity contribution in [3.05, 3.63) is 10.6 Å². The van der Waals surface area contributed by atoms with Crippen LogP contribution in [0, 0.1) is 13.8 Å². The van der Waals surface area contributed by atoms with Gasteiger partial charge in [-0.15, -0.1) is 11.3 Å². The minimum Gasteiger partial charge on any atom is -0.361 e. The predicted molar refractivity (Wildman–Crippen MR) is 59.0 cm³/mol. The summed E-state index contributed by atoms with van der Waals surface area (Å²) < 4.78 is 10.8. The van der Waals surface area contributed by atoms with Crippen LogP contribution in [0.25, 0.3) is 0 Å². The lowest BCUT2D eigenvalue weighted by molar-refractivity contribution is 0.687. The highest BCUT2D eigenvalue weighted by Gasteiger charge is 2.02. The second-order valence-electron chi connectivity index (χ2n) is 2.86. The van der Waals surface area contributed by atoms with E-state index in [0.29, 0.717) is 5.75 Å². The van der Waals surface area contributed by atoms with Crippen LogP contribution in [-0.4, -0.2) is 27.7 Å². The number of anilines is 1. The van der Waals surface area contributed by atoms with Crippen molar-refractivity contribution >= 4 is 27.3 Å². The summed E-state index contributed by atoms with van der Waals surface area (Å²) in [6.45, 7) is 4.78. The number of aryl methyl sites for hydroxylation is 2. The van der Waals surface area contributed by atoms with E-state index in [2.05, 4.69) is 17.2 Å². The number of hydrogen-bond donors (Lipinski definition) is 1. The van der Waals surface area contributed by atoms with Crippen LogP contribution in [0.15, 0.2) is 0 Å². The van der Waals surface area contributed by atoms with Gasteiger partial charge in [0, 0.05) is 34.2 Å². The number of aromatic nitrogens is 1. The monoisotopic (exact) mass is 218 g/mol. The van der Waals surface area contributed by atoms with Gasteiger partial charge in [0.1, 0.15) is 0 Å². The molecule has 5 heteroatoms. The third-order valence-corrected chi connectivity index (χ3v) is 3.50. The smallest absolute Gasteiger partial charge is 0.183 e. The maximum Gasteiger partial charge on any atom is 0.183 e. The SMILES string of the molecule is Cc1nc(NCCS(C)=O)sc1C. The molecular formula is C8H14N2OS2. The van der Waals surface area contributed by atoms with E-state index in [9.17, 15) is 4.21 Å². The van der Waals surface area contributed by atoms with Crippen LogP contribution in [-0.2, 0) is 10.8 Å². The molecule has 0 spiro atoms. The second kappa shape index (κ2) is 4.72. The normalized spacial score (nSPS) is 12.8. The minimum absolute atomic E-state index is 0.678. The Hall–Kier alpha value is -0.420. The molecule has 0 aliphatic carbocycles. The van der Waals surface area contributed by atoms with Crippen molar-refractivity contribution in [1.29, 1.82) is 0 Å². The summed E-state index contributed by atoms with van der Waals surface area (Å²) >= 11 is 1.64. The van der Waals surface area contributed by atoms with Crippen molar-refractivity contribution in [1.82, 2.24) is 4.98 Å². The summed E-state index contributed by atoms with van der Waals surface area (Å²) in [7, 11) is -0.723. The quantitative estimate of drug-likeness (QED) is 0.833. The molecule has 0 saturated heterocycles. The molecule has 0 bridgehead atoms. The van der Waals surface area contributed by atoms with E-state index in [1.54, 1.807) is 17.6 Å².